The van der Waals surface area contributed by atoms with Gasteiger partial charge in [0.05, 0.1) is 5.56 Å². The fourth-order valence-electron chi connectivity index (χ4n) is 2.55. The molecule has 130 valence electrons. The van der Waals surface area contributed by atoms with Gasteiger partial charge in [0.2, 0.25) is 5.95 Å². The normalized spacial score (nSPS) is 16.4. The molecule has 0 bridgehead atoms. The molecule has 1 aromatic carbocycles. The third-order valence-corrected chi connectivity index (χ3v) is 3.75. The minimum absolute atomic E-state index is 0.0517. The summed E-state index contributed by atoms with van der Waals surface area (Å²) in [6, 6.07) is 7.17. The van der Waals surface area contributed by atoms with Crippen molar-refractivity contribution in [1.29, 1.82) is 0 Å². The monoisotopic (exact) mass is 343 g/mol. The number of aryl methyl sites for hydroxylation is 1. The maximum atomic E-state index is 13.8. The van der Waals surface area contributed by atoms with Gasteiger partial charge in [-0.3, -0.25) is 20.0 Å². The number of amides is 1. The van der Waals surface area contributed by atoms with Crippen LogP contribution in [0.25, 0.3) is 0 Å². The highest BCUT2D eigenvalue weighted by molar-refractivity contribution is 5.95. The second kappa shape index (κ2) is 6.76. The number of aromatic nitrogens is 2. The average Bonchev–Trinajstić information content (AvgIpc) is 2.95. The summed E-state index contributed by atoms with van der Waals surface area (Å²) in [5, 5.41) is 4.24. The van der Waals surface area contributed by atoms with Crippen molar-refractivity contribution in [3.8, 4) is 0 Å². The lowest BCUT2D eigenvalue weighted by atomic mass is 10.2. The van der Waals surface area contributed by atoms with E-state index < -0.39 is 17.9 Å². The third kappa shape index (κ3) is 3.52. The second-order valence-corrected chi connectivity index (χ2v) is 5.64. The van der Waals surface area contributed by atoms with Gasteiger partial charge in [0.25, 0.3) is 11.5 Å². The number of benzene rings is 1. The molecule has 1 atom stereocenters. The van der Waals surface area contributed by atoms with Crippen molar-refractivity contribution in [2.75, 3.05) is 5.01 Å². The molecule has 0 aliphatic carbocycles. The topological polar surface area (TPSA) is 90.1 Å². The molecule has 1 unspecified atom stereocenters. The van der Waals surface area contributed by atoms with E-state index in [-0.39, 0.29) is 17.1 Å². The number of nitrogens with one attached hydrogen (secondary N) is 3. The highest BCUT2D eigenvalue weighted by Gasteiger charge is 2.27. The molecule has 3 N–H and O–H groups in total. The molecule has 25 heavy (non-hydrogen) atoms. The maximum absolute atomic E-state index is 13.8. The van der Waals surface area contributed by atoms with Gasteiger partial charge in [-0.25, -0.2) is 14.4 Å². The van der Waals surface area contributed by atoms with Crippen LogP contribution in [0.4, 0.5) is 10.3 Å². The number of nitrogens with zero attached hydrogens (tertiary/aromatic N) is 2. The number of carbonyl (C=O) groups is 1. The van der Waals surface area contributed by atoms with E-state index in [4.69, 9.17) is 0 Å². The molecular formula is C17H18FN5O2. The van der Waals surface area contributed by atoms with Gasteiger partial charge in [-0.15, -0.1) is 0 Å². The lowest BCUT2D eigenvalue weighted by molar-refractivity contribution is 0.0939. The molecule has 1 aliphatic heterocycles. The number of H-pyrrole nitrogens is 1. The van der Waals surface area contributed by atoms with Crippen molar-refractivity contribution in [1.82, 2.24) is 20.7 Å². The first-order valence-corrected chi connectivity index (χ1v) is 7.88. The van der Waals surface area contributed by atoms with Gasteiger partial charge in [0, 0.05) is 17.5 Å². The molecule has 0 spiro atoms. The molecule has 1 aromatic heterocycles. The molecule has 0 saturated heterocycles. The van der Waals surface area contributed by atoms with Crippen molar-refractivity contribution >= 4 is 11.9 Å². The van der Waals surface area contributed by atoms with Crippen LogP contribution in [0, 0.1) is 5.82 Å². The van der Waals surface area contributed by atoms with Crippen molar-refractivity contribution in [2.24, 2.45) is 0 Å². The minimum Gasteiger partial charge on any atom is -0.327 e. The van der Waals surface area contributed by atoms with Gasteiger partial charge >= 0.3 is 0 Å². The van der Waals surface area contributed by atoms with Crippen molar-refractivity contribution in [3.63, 3.8) is 0 Å². The van der Waals surface area contributed by atoms with Gasteiger partial charge in [-0.05, 0) is 31.6 Å². The number of anilines is 1. The Morgan fingerprint density at radius 2 is 2.16 bits per heavy atom. The van der Waals surface area contributed by atoms with E-state index in [0.29, 0.717) is 12.1 Å². The maximum Gasteiger partial charge on any atom is 0.256 e. The SMILES string of the molecule is CCc1cc(=O)[nH]c(N2NC(C)=CC2NC(=O)c2ccccc2F)n1. The molecule has 2 heterocycles. The van der Waals surface area contributed by atoms with Crippen LogP contribution < -0.4 is 21.3 Å². The van der Waals surface area contributed by atoms with Crippen molar-refractivity contribution in [2.45, 2.75) is 26.4 Å². The fraction of sp³-hybridized carbons (Fsp3) is 0.235. The fourth-order valence-corrected chi connectivity index (χ4v) is 2.55. The van der Waals surface area contributed by atoms with E-state index >= 15 is 0 Å². The summed E-state index contributed by atoms with van der Waals surface area (Å²) in [6.45, 7) is 3.70. The van der Waals surface area contributed by atoms with Crippen LogP contribution in [-0.4, -0.2) is 22.0 Å². The van der Waals surface area contributed by atoms with Crippen LogP contribution in [0.15, 0.2) is 46.9 Å². The van der Waals surface area contributed by atoms with Crippen LogP contribution in [0.2, 0.25) is 0 Å². The van der Waals surface area contributed by atoms with Gasteiger partial charge in [-0.1, -0.05) is 19.1 Å². The van der Waals surface area contributed by atoms with Gasteiger partial charge in [-0.2, -0.15) is 0 Å². The Kier molecular flexibility index (Phi) is 4.51. The lowest BCUT2D eigenvalue weighted by Crippen LogP contribution is -2.50. The number of allylic oxidation sites excluding steroid dienone is 1. The molecule has 0 fully saturated rings. The standard InChI is InChI=1S/C17H18FN5O2/c1-3-11-9-15(24)21-17(19-11)23-14(8-10(2)22-23)20-16(25)12-6-4-5-7-13(12)18/h4-9,14,22H,3H2,1-2H3,(H,20,25)(H,19,21,24). The minimum atomic E-state index is -0.623. The summed E-state index contributed by atoms with van der Waals surface area (Å²) in [6.07, 6.45) is 1.73. The van der Waals surface area contributed by atoms with E-state index in [1.54, 1.807) is 12.1 Å². The third-order valence-electron chi connectivity index (χ3n) is 3.75. The zero-order valence-corrected chi connectivity index (χ0v) is 13.8. The highest BCUT2D eigenvalue weighted by Crippen LogP contribution is 2.16. The van der Waals surface area contributed by atoms with Crippen LogP contribution in [0.1, 0.15) is 29.9 Å². The van der Waals surface area contributed by atoms with E-state index in [2.05, 4.69) is 20.7 Å². The predicted molar refractivity (Wildman–Crippen MR) is 91.3 cm³/mol. The molecule has 2 aromatic rings. The summed E-state index contributed by atoms with van der Waals surface area (Å²) in [5.74, 6) is -0.885. The molecule has 0 radical (unpaired) electrons. The van der Waals surface area contributed by atoms with E-state index in [1.807, 2.05) is 13.8 Å². The van der Waals surface area contributed by atoms with Gasteiger partial charge < -0.3 is 5.32 Å². The first-order chi connectivity index (χ1) is 12.0. The summed E-state index contributed by atoms with van der Waals surface area (Å²) < 4.78 is 13.8. The lowest BCUT2D eigenvalue weighted by Gasteiger charge is -2.26. The predicted octanol–water partition coefficient (Wildman–Crippen LogP) is 1.46. The van der Waals surface area contributed by atoms with Crippen LogP contribution in [0.3, 0.4) is 0 Å². The Bertz CT molecular complexity index is 893. The quantitative estimate of drug-likeness (QED) is 0.782. The largest absolute Gasteiger partial charge is 0.327 e. The number of hydrogen-bond acceptors (Lipinski definition) is 5. The zero-order valence-electron chi connectivity index (χ0n) is 13.8. The van der Waals surface area contributed by atoms with E-state index in [0.717, 1.165) is 5.70 Å². The molecular weight excluding hydrogens is 325 g/mol. The summed E-state index contributed by atoms with van der Waals surface area (Å²) in [4.78, 5) is 31.2. The molecule has 1 amide bonds. The zero-order chi connectivity index (χ0) is 18.0. The van der Waals surface area contributed by atoms with Gasteiger partial charge in [0.1, 0.15) is 12.0 Å². The number of rotatable bonds is 4. The van der Waals surface area contributed by atoms with Crippen LogP contribution >= 0.6 is 0 Å². The first kappa shape index (κ1) is 16.7. The molecule has 1 aliphatic rings. The Hall–Kier alpha value is -3.16. The number of halogens is 1. The Balaban J connectivity index is 1.87. The summed E-state index contributed by atoms with van der Waals surface area (Å²) >= 11 is 0. The molecule has 7 nitrogen and oxygen atoms in total. The number of carbonyl (C=O) groups excluding carboxylic acids is 1. The van der Waals surface area contributed by atoms with Crippen LogP contribution in [-0.2, 0) is 6.42 Å². The summed E-state index contributed by atoms with van der Waals surface area (Å²) in [5.41, 5.74) is 4.08. The van der Waals surface area contributed by atoms with Crippen molar-refractivity contribution < 1.29 is 9.18 Å². The number of aromatic amines is 1. The Morgan fingerprint density at radius 1 is 1.40 bits per heavy atom. The Labute approximate surface area is 143 Å². The number of hydrazine groups is 1. The summed E-state index contributed by atoms with van der Waals surface area (Å²) in [7, 11) is 0. The van der Waals surface area contributed by atoms with Gasteiger partial charge in [0.15, 0.2) is 0 Å². The molecule has 8 heteroatoms. The van der Waals surface area contributed by atoms with Crippen molar-refractivity contribution in [3.05, 3.63) is 69.5 Å². The van der Waals surface area contributed by atoms with E-state index in [1.165, 1.54) is 29.3 Å². The average molecular weight is 343 g/mol. The first-order valence-electron chi connectivity index (χ1n) is 7.88. The van der Waals surface area contributed by atoms with E-state index in [9.17, 15) is 14.0 Å². The molecule has 3 rings (SSSR count). The highest BCUT2D eigenvalue weighted by atomic mass is 19.1. The second-order valence-electron chi connectivity index (χ2n) is 5.64. The molecule has 0 saturated carbocycles. The van der Waals surface area contributed by atoms with Crippen LogP contribution in [0.5, 0.6) is 0 Å². The Morgan fingerprint density at radius 3 is 2.88 bits per heavy atom. The smallest absolute Gasteiger partial charge is 0.256 e. The number of hydrogen-bond donors (Lipinski definition) is 3.